The van der Waals surface area contributed by atoms with Crippen LogP contribution in [0.4, 0.5) is 0 Å². The molecule has 0 bridgehead atoms. The highest BCUT2D eigenvalue weighted by Crippen LogP contribution is 2.11. The zero-order chi connectivity index (χ0) is 18.4. The van der Waals surface area contributed by atoms with Crippen LogP contribution in [0.25, 0.3) is 0 Å². The average molecular weight is 483 g/mol. The van der Waals surface area contributed by atoms with Gasteiger partial charge in [-0.1, -0.05) is 28.9 Å². The second kappa shape index (κ2) is 10.7. The van der Waals surface area contributed by atoms with E-state index in [0.717, 1.165) is 57.3 Å². The lowest BCUT2D eigenvalue weighted by molar-refractivity contribution is 0.169. The third-order valence-corrected chi connectivity index (χ3v) is 4.94. The van der Waals surface area contributed by atoms with Gasteiger partial charge in [-0.15, -0.1) is 24.0 Å². The minimum Gasteiger partial charge on any atom is -0.364 e. The van der Waals surface area contributed by atoms with Crippen LogP contribution in [0.1, 0.15) is 22.4 Å². The van der Waals surface area contributed by atoms with Crippen LogP contribution in [0, 0.1) is 13.8 Å². The Morgan fingerprint density at radius 3 is 2.59 bits per heavy atom. The van der Waals surface area contributed by atoms with E-state index in [0.29, 0.717) is 0 Å². The van der Waals surface area contributed by atoms with Crippen LogP contribution >= 0.6 is 24.0 Å². The molecule has 0 aliphatic carbocycles. The summed E-state index contributed by atoms with van der Waals surface area (Å²) in [6, 6.07) is 8.60. The highest BCUT2D eigenvalue weighted by Gasteiger charge is 2.20. The van der Waals surface area contributed by atoms with Crippen LogP contribution in [0.2, 0.25) is 0 Å². The first-order valence-corrected chi connectivity index (χ1v) is 9.29. The maximum atomic E-state index is 4.91. The minimum absolute atomic E-state index is 0. The number of nitrogens with one attached hydrogen (secondary N) is 1. The second-order valence-electron chi connectivity index (χ2n) is 6.91. The fourth-order valence-corrected chi connectivity index (χ4v) is 3.43. The zero-order valence-corrected chi connectivity index (χ0v) is 18.8. The van der Waals surface area contributed by atoms with Gasteiger partial charge in [0.1, 0.15) is 6.26 Å². The summed E-state index contributed by atoms with van der Waals surface area (Å²) < 4.78 is 4.91. The fraction of sp³-hybridized carbons (Fsp3) is 0.500. The molecule has 1 aromatic heterocycles. The van der Waals surface area contributed by atoms with E-state index in [1.807, 2.05) is 13.1 Å². The summed E-state index contributed by atoms with van der Waals surface area (Å²) in [6.07, 6.45) is 2.64. The van der Waals surface area contributed by atoms with E-state index in [-0.39, 0.29) is 24.0 Å². The maximum Gasteiger partial charge on any atom is 0.193 e. The number of guanidine groups is 1. The Hall–Kier alpha value is -1.61. The number of aliphatic imine (C=N–C) groups is 1. The van der Waals surface area contributed by atoms with Gasteiger partial charge in [0, 0.05) is 52.4 Å². The number of nitrogens with zero attached hydrogens (tertiary/aromatic N) is 4. The third kappa shape index (κ3) is 6.21. The Balaban J connectivity index is 0.00000261. The lowest BCUT2D eigenvalue weighted by Gasteiger charge is -2.36. The summed E-state index contributed by atoms with van der Waals surface area (Å²) >= 11 is 0. The SMILES string of the molecule is CN=C(NCCc1ccc(C)cc1C)N1CCN(Cc2ccon2)CC1.I. The van der Waals surface area contributed by atoms with Crippen molar-refractivity contribution in [2.45, 2.75) is 26.8 Å². The monoisotopic (exact) mass is 483 g/mol. The number of rotatable bonds is 5. The maximum absolute atomic E-state index is 4.91. The molecule has 0 amide bonds. The van der Waals surface area contributed by atoms with Gasteiger partial charge in [0.15, 0.2) is 5.96 Å². The molecule has 6 nitrogen and oxygen atoms in total. The predicted molar refractivity (Wildman–Crippen MR) is 120 cm³/mol. The predicted octanol–water partition coefficient (Wildman–Crippen LogP) is 2.85. The van der Waals surface area contributed by atoms with Crippen molar-refractivity contribution >= 4 is 29.9 Å². The minimum atomic E-state index is 0. The van der Waals surface area contributed by atoms with Gasteiger partial charge in [-0.25, -0.2) is 0 Å². The summed E-state index contributed by atoms with van der Waals surface area (Å²) in [5.74, 6) is 0.996. The van der Waals surface area contributed by atoms with E-state index < -0.39 is 0 Å². The third-order valence-electron chi connectivity index (χ3n) is 4.94. The molecule has 0 spiro atoms. The van der Waals surface area contributed by atoms with Crippen molar-refractivity contribution in [3.63, 3.8) is 0 Å². The molecule has 148 valence electrons. The second-order valence-corrected chi connectivity index (χ2v) is 6.91. The van der Waals surface area contributed by atoms with E-state index in [4.69, 9.17) is 4.52 Å². The van der Waals surface area contributed by atoms with Gasteiger partial charge in [0.2, 0.25) is 0 Å². The molecular weight excluding hydrogens is 453 g/mol. The van der Waals surface area contributed by atoms with Crippen LogP contribution in [-0.4, -0.2) is 60.7 Å². The molecule has 1 saturated heterocycles. The molecule has 27 heavy (non-hydrogen) atoms. The number of piperazine rings is 1. The number of halogens is 1. The lowest BCUT2D eigenvalue weighted by atomic mass is 10.0. The number of hydrogen-bond donors (Lipinski definition) is 1. The molecule has 2 heterocycles. The van der Waals surface area contributed by atoms with E-state index >= 15 is 0 Å². The molecule has 1 aliphatic heterocycles. The molecule has 0 saturated carbocycles. The van der Waals surface area contributed by atoms with E-state index in [9.17, 15) is 0 Å². The molecule has 1 fully saturated rings. The number of aryl methyl sites for hydroxylation is 2. The van der Waals surface area contributed by atoms with Crippen molar-refractivity contribution < 1.29 is 4.52 Å². The number of hydrogen-bond acceptors (Lipinski definition) is 4. The van der Waals surface area contributed by atoms with Crippen LogP contribution in [-0.2, 0) is 13.0 Å². The average Bonchev–Trinajstić information content (AvgIpc) is 3.14. The standard InChI is InChI=1S/C20H29N5O.HI/c1-16-4-5-18(17(2)14-16)6-8-22-20(21-3)25-11-9-24(10-12-25)15-19-7-13-26-23-19;/h4-5,7,13-14H,6,8-12,15H2,1-3H3,(H,21,22);1H. The molecule has 0 atom stereocenters. The molecular formula is C20H30IN5O. The van der Waals surface area contributed by atoms with Crippen molar-refractivity contribution in [3.05, 3.63) is 52.9 Å². The summed E-state index contributed by atoms with van der Waals surface area (Å²) in [5.41, 5.74) is 5.08. The van der Waals surface area contributed by atoms with Gasteiger partial charge in [-0.3, -0.25) is 9.89 Å². The highest BCUT2D eigenvalue weighted by atomic mass is 127. The smallest absolute Gasteiger partial charge is 0.193 e. The zero-order valence-electron chi connectivity index (χ0n) is 16.4. The Morgan fingerprint density at radius 1 is 1.19 bits per heavy atom. The van der Waals surface area contributed by atoms with Crippen molar-refractivity contribution in [1.29, 1.82) is 0 Å². The normalized spacial score (nSPS) is 15.5. The van der Waals surface area contributed by atoms with Gasteiger partial charge in [0.25, 0.3) is 0 Å². The fourth-order valence-electron chi connectivity index (χ4n) is 3.43. The van der Waals surface area contributed by atoms with Gasteiger partial charge in [0.05, 0.1) is 5.69 Å². The Labute approximate surface area is 179 Å². The molecule has 1 aliphatic rings. The topological polar surface area (TPSA) is 56.9 Å². The van der Waals surface area contributed by atoms with E-state index in [1.165, 1.54) is 16.7 Å². The summed E-state index contributed by atoms with van der Waals surface area (Å²) in [6.45, 7) is 10.0. The van der Waals surface area contributed by atoms with E-state index in [2.05, 4.69) is 57.3 Å². The molecule has 1 N–H and O–H groups in total. The molecule has 1 aromatic carbocycles. The van der Waals surface area contributed by atoms with Crippen molar-refractivity contribution in [1.82, 2.24) is 20.3 Å². The molecule has 7 heteroatoms. The largest absolute Gasteiger partial charge is 0.364 e. The summed E-state index contributed by atoms with van der Waals surface area (Å²) in [5, 5.41) is 7.52. The highest BCUT2D eigenvalue weighted by molar-refractivity contribution is 14.0. The Bertz CT molecular complexity index is 724. The van der Waals surface area contributed by atoms with Gasteiger partial charge in [-0.05, 0) is 31.4 Å². The van der Waals surface area contributed by atoms with Gasteiger partial charge < -0.3 is 14.7 Å². The lowest BCUT2D eigenvalue weighted by Crippen LogP contribution is -2.52. The Kier molecular flexibility index (Phi) is 8.56. The quantitative estimate of drug-likeness (QED) is 0.403. The summed E-state index contributed by atoms with van der Waals surface area (Å²) in [7, 11) is 1.86. The van der Waals surface area contributed by atoms with Gasteiger partial charge in [-0.2, -0.15) is 0 Å². The van der Waals surface area contributed by atoms with Crippen LogP contribution in [0.5, 0.6) is 0 Å². The molecule has 0 radical (unpaired) electrons. The first-order chi connectivity index (χ1) is 12.7. The summed E-state index contributed by atoms with van der Waals surface area (Å²) in [4.78, 5) is 9.20. The van der Waals surface area contributed by atoms with Crippen LogP contribution in [0.3, 0.4) is 0 Å². The number of aromatic nitrogens is 1. The van der Waals surface area contributed by atoms with Crippen molar-refractivity contribution in [3.8, 4) is 0 Å². The van der Waals surface area contributed by atoms with E-state index in [1.54, 1.807) is 6.26 Å². The Morgan fingerprint density at radius 2 is 1.96 bits per heavy atom. The van der Waals surface area contributed by atoms with Crippen LogP contribution in [0.15, 0.2) is 40.0 Å². The molecule has 0 unspecified atom stereocenters. The molecule has 2 aromatic rings. The first kappa shape index (κ1) is 21.7. The first-order valence-electron chi connectivity index (χ1n) is 9.29. The van der Waals surface area contributed by atoms with Crippen molar-refractivity contribution in [2.75, 3.05) is 39.8 Å². The number of benzene rings is 1. The van der Waals surface area contributed by atoms with Gasteiger partial charge >= 0.3 is 0 Å². The van der Waals surface area contributed by atoms with Crippen LogP contribution < -0.4 is 5.32 Å². The molecule has 3 rings (SSSR count). The van der Waals surface area contributed by atoms with Crippen molar-refractivity contribution in [2.24, 2.45) is 4.99 Å².